The zero-order valence-electron chi connectivity index (χ0n) is 16.2. The number of carboxylic acid groups (broad SMARTS) is 1. The Hall–Kier alpha value is -1.63. The van der Waals surface area contributed by atoms with E-state index in [1.165, 1.54) is 0 Å². The van der Waals surface area contributed by atoms with Crippen molar-refractivity contribution in [2.75, 3.05) is 39.3 Å². The maximum absolute atomic E-state index is 12.5. The van der Waals surface area contributed by atoms with E-state index in [-0.39, 0.29) is 29.6 Å². The molecule has 2 rings (SSSR count). The molecule has 1 spiro atoms. The number of amides is 2. The Labute approximate surface area is 150 Å². The van der Waals surface area contributed by atoms with Gasteiger partial charge in [-0.3, -0.25) is 19.3 Å². The van der Waals surface area contributed by atoms with Crippen LogP contribution in [0.25, 0.3) is 0 Å². The molecule has 2 amide bonds. The minimum Gasteiger partial charge on any atom is -0.483 e. The van der Waals surface area contributed by atoms with E-state index in [4.69, 9.17) is 9.90 Å². The van der Waals surface area contributed by atoms with Crippen molar-refractivity contribution in [1.29, 1.82) is 0 Å². The summed E-state index contributed by atoms with van der Waals surface area (Å²) < 4.78 is 0. The first-order valence-electron chi connectivity index (χ1n) is 9.08. The van der Waals surface area contributed by atoms with Crippen LogP contribution in [-0.2, 0) is 14.4 Å². The van der Waals surface area contributed by atoms with Gasteiger partial charge in [0, 0.05) is 63.1 Å². The van der Waals surface area contributed by atoms with Gasteiger partial charge in [-0.2, -0.15) is 0 Å². The highest BCUT2D eigenvalue weighted by molar-refractivity contribution is 5.81. The molecule has 0 aromatic rings. The molecule has 2 saturated heterocycles. The molecule has 7 heteroatoms. The zero-order chi connectivity index (χ0) is 19.2. The van der Waals surface area contributed by atoms with E-state index in [1.807, 2.05) is 30.6 Å². The lowest BCUT2D eigenvalue weighted by atomic mass is 9.85. The van der Waals surface area contributed by atoms with Crippen LogP contribution in [0.2, 0.25) is 0 Å². The fourth-order valence-corrected chi connectivity index (χ4v) is 3.77. The molecule has 2 aliphatic rings. The number of likely N-dealkylation sites (tertiary alicyclic amines) is 1. The van der Waals surface area contributed by atoms with Crippen LogP contribution >= 0.6 is 0 Å². The van der Waals surface area contributed by atoms with Crippen LogP contribution in [0.5, 0.6) is 0 Å². The Balaban J connectivity index is 0.000000970. The number of nitrogens with zero attached hydrogens (tertiary/aromatic N) is 3. The van der Waals surface area contributed by atoms with Gasteiger partial charge in [-0.15, -0.1) is 0 Å². The average Bonchev–Trinajstić information content (AvgIpc) is 2.73. The second kappa shape index (κ2) is 9.17. The first-order valence-corrected chi connectivity index (χ1v) is 9.08. The summed E-state index contributed by atoms with van der Waals surface area (Å²) in [6.07, 6.45) is 0.575. The van der Waals surface area contributed by atoms with Crippen molar-refractivity contribution in [3.8, 4) is 0 Å². The van der Waals surface area contributed by atoms with Crippen LogP contribution in [0.15, 0.2) is 0 Å². The van der Waals surface area contributed by atoms with Crippen molar-refractivity contribution in [2.24, 2.45) is 11.3 Å². The molecule has 1 unspecified atom stereocenters. The van der Waals surface area contributed by atoms with Gasteiger partial charge in [-0.25, -0.2) is 0 Å². The minimum absolute atomic E-state index is 0.0158. The second-order valence-corrected chi connectivity index (χ2v) is 7.67. The zero-order valence-corrected chi connectivity index (χ0v) is 16.2. The van der Waals surface area contributed by atoms with Gasteiger partial charge in [0.15, 0.2) is 0 Å². The smallest absolute Gasteiger partial charge is 0.290 e. The summed E-state index contributed by atoms with van der Waals surface area (Å²) in [7, 11) is 0. The van der Waals surface area contributed by atoms with Crippen LogP contribution < -0.4 is 0 Å². The highest BCUT2D eigenvalue weighted by Gasteiger charge is 2.47. The van der Waals surface area contributed by atoms with E-state index < -0.39 is 0 Å². The first kappa shape index (κ1) is 21.4. The molecule has 2 heterocycles. The summed E-state index contributed by atoms with van der Waals surface area (Å²) in [4.78, 5) is 39.5. The Morgan fingerprint density at radius 3 is 2.24 bits per heavy atom. The third-order valence-corrected chi connectivity index (χ3v) is 5.04. The van der Waals surface area contributed by atoms with E-state index >= 15 is 0 Å². The summed E-state index contributed by atoms with van der Waals surface area (Å²) in [6, 6.07) is 0.441. The van der Waals surface area contributed by atoms with Crippen molar-refractivity contribution in [3.63, 3.8) is 0 Å². The second-order valence-electron chi connectivity index (χ2n) is 7.67. The van der Waals surface area contributed by atoms with Crippen LogP contribution in [0.3, 0.4) is 0 Å². The normalized spacial score (nSPS) is 24.5. The molecule has 1 atom stereocenters. The van der Waals surface area contributed by atoms with Gasteiger partial charge in [0.25, 0.3) is 6.47 Å². The summed E-state index contributed by atoms with van der Waals surface area (Å²) in [5, 5.41) is 6.89. The van der Waals surface area contributed by atoms with E-state index in [0.29, 0.717) is 12.5 Å². The lowest BCUT2D eigenvalue weighted by Gasteiger charge is -2.35. The first-order chi connectivity index (χ1) is 11.7. The standard InChI is InChI=1S/C17H31N3O2.CH2O2/c1-6-18-10-17(9-15(18)21)11-19(14(4)5)7-8-20(12-17)16(22)13(2)3;2-1-3/h13-14H,6-12H2,1-5H3;1H,(H,2,3). The predicted octanol–water partition coefficient (Wildman–Crippen LogP) is 1.13. The highest BCUT2D eigenvalue weighted by Crippen LogP contribution is 2.35. The molecule has 2 fully saturated rings. The molecule has 0 aromatic heterocycles. The third-order valence-electron chi connectivity index (χ3n) is 5.04. The lowest BCUT2D eigenvalue weighted by Crippen LogP contribution is -2.46. The molecule has 0 radical (unpaired) electrons. The fourth-order valence-electron chi connectivity index (χ4n) is 3.77. The molecule has 0 bridgehead atoms. The monoisotopic (exact) mass is 355 g/mol. The Morgan fingerprint density at radius 1 is 1.20 bits per heavy atom. The largest absolute Gasteiger partial charge is 0.483 e. The van der Waals surface area contributed by atoms with Crippen LogP contribution in [0.4, 0.5) is 0 Å². The molecule has 0 aromatic carbocycles. The van der Waals surface area contributed by atoms with Crippen molar-refractivity contribution >= 4 is 18.3 Å². The molecule has 0 aliphatic carbocycles. The van der Waals surface area contributed by atoms with Crippen LogP contribution in [0.1, 0.15) is 41.0 Å². The molecular weight excluding hydrogens is 322 g/mol. The number of carbonyl (C=O) groups is 3. The molecule has 2 aliphatic heterocycles. The minimum atomic E-state index is -0.250. The summed E-state index contributed by atoms with van der Waals surface area (Å²) in [5.74, 6) is 0.472. The van der Waals surface area contributed by atoms with Gasteiger partial charge in [-0.05, 0) is 20.8 Å². The molecule has 7 nitrogen and oxygen atoms in total. The average molecular weight is 355 g/mol. The van der Waals surface area contributed by atoms with Crippen LogP contribution in [0, 0.1) is 11.3 Å². The van der Waals surface area contributed by atoms with Gasteiger partial charge >= 0.3 is 0 Å². The Morgan fingerprint density at radius 2 is 1.80 bits per heavy atom. The van der Waals surface area contributed by atoms with Crippen molar-refractivity contribution in [2.45, 2.75) is 47.1 Å². The third kappa shape index (κ3) is 5.42. The number of rotatable bonds is 3. The van der Waals surface area contributed by atoms with E-state index in [0.717, 1.165) is 39.3 Å². The molecule has 144 valence electrons. The molecule has 1 N–H and O–H groups in total. The maximum Gasteiger partial charge on any atom is 0.290 e. The Bertz CT molecular complexity index is 481. The van der Waals surface area contributed by atoms with Gasteiger partial charge < -0.3 is 14.9 Å². The topological polar surface area (TPSA) is 81.2 Å². The van der Waals surface area contributed by atoms with Crippen molar-refractivity contribution < 1.29 is 19.5 Å². The van der Waals surface area contributed by atoms with Crippen molar-refractivity contribution in [3.05, 3.63) is 0 Å². The number of hydrogen-bond donors (Lipinski definition) is 1. The molecular formula is C18H33N3O4. The molecule has 25 heavy (non-hydrogen) atoms. The van der Waals surface area contributed by atoms with Gasteiger partial charge in [0.1, 0.15) is 0 Å². The summed E-state index contributed by atoms with van der Waals surface area (Å²) >= 11 is 0. The van der Waals surface area contributed by atoms with Crippen LogP contribution in [-0.4, -0.2) is 83.4 Å². The fraction of sp³-hybridized carbons (Fsp3) is 0.833. The maximum atomic E-state index is 12.5. The quantitative estimate of drug-likeness (QED) is 0.768. The van der Waals surface area contributed by atoms with Gasteiger partial charge in [0.2, 0.25) is 11.8 Å². The van der Waals surface area contributed by atoms with Gasteiger partial charge in [0.05, 0.1) is 0 Å². The highest BCUT2D eigenvalue weighted by atomic mass is 16.3. The van der Waals surface area contributed by atoms with E-state index in [9.17, 15) is 9.59 Å². The van der Waals surface area contributed by atoms with Crippen molar-refractivity contribution in [1.82, 2.24) is 14.7 Å². The Kier molecular flexibility index (Phi) is 7.86. The van der Waals surface area contributed by atoms with E-state index in [2.05, 4.69) is 18.7 Å². The summed E-state index contributed by atoms with van der Waals surface area (Å²) in [6.45, 7) is 14.9. The predicted molar refractivity (Wildman–Crippen MR) is 96.1 cm³/mol. The van der Waals surface area contributed by atoms with Gasteiger partial charge in [-0.1, -0.05) is 13.8 Å². The SMILES string of the molecule is CCN1CC2(CC1=O)CN(C(=O)C(C)C)CCN(C(C)C)C2.O=CO. The number of hydrogen-bond acceptors (Lipinski definition) is 4. The number of carbonyl (C=O) groups excluding carboxylic acids is 2. The lowest BCUT2D eigenvalue weighted by molar-refractivity contribution is -0.135. The molecule has 0 saturated carbocycles. The summed E-state index contributed by atoms with van der Waals surface area (Å²) in [5.41, 5.74) is -0.0988. The van der Waals surface area contributed by atoms with E-state index in [1.54, 1.807) is 0 Å².